The number of carbonyl (C=O) groups excluding carboxylic acids is 2. The van der Waals surface area contributed by atoms with Crippen LogP contribution in [0.15, 0.2) is 31.4 Å². The molecule has 1 saturated carbocycles. The van der Waals surface area contributed by atoms with E-state index < -0.39 is 6.55 Å². The van der Waals surface area contributed by atoms with Crippen LogP contribution in [0.25, 0.3) is 16.9 Å². The second kappa shape index (κ2) is 12.2. The Morgan fingerprint density at radius 3 is 2.53 bits per heavy atom. The molecule has 43 heavy (non-hydrogen) atoms. The normalized spacial score (nSPS) is 19.2. The molecule has 0 atom stereocenters. The Bertz CT molecular complexity index is 1470. The Labute approximate surface area is 247 Å². The molecule has 3 fully saturated rings. The molecule has 3 aliphatic rings. The number of anilines is 2. The minimum atomic E-state index is -2.77. The molecule has 2 aliphatic heterocycles. The van der Waals surface area contributed by atoms with Crippen LogP contribution in [-0.4, -0.2) is 98.0 Å². The van der Waals surface area contributed by atoms with E-state index in [-0.39, 0.29) is 29.8 Å². The van der Waals surface area contributed by atoms with Gasteiger partial charge in [-0.25, -0.2) is 9.67 Å². The molecule has 2 N–H and O–H groups in total. The zero-order chi connectivity index (χ0) is 30.0. The van der Waals surface area contributed by atoms with Crippen molar-refractivity contribution in [3.63, 3.8) is 0 Å². The van der Waals surface area contributed by atoms with Crippen molar-refractivity contribution >= 4 is 34.7 Å². The van der Waals surface area contributed by atoms with Crippen LogP contribution in [0.3, 0.4) is 0 Å². The lowest BCUT2D eigenvalue weighted by Gasteiger charge is -2.45. The Morgan fingerprint density at radius 1 is 1.12 bits per heavy atom. The maximum absolute atomic E-state index is 13.2. The van der Waals surface area contributed by atoms with E-state index >= 15 is 0 Å². The number of hydrogen-bond acceptors (Lipinski definition) is 9. The molecule has 0 radical (unpaired) electrons. The second-order valence-electron chi connectivity index (χ2n) is 11.4. The Balaban J connectivity index is 1.12. The number of carbonyl (C=O) groups is 2. The quantitative estimate of drug-likeness (QED) is 0.375. The minimum absolute atomic E-state index is 0.00375. The third-order valence-corrected chi connectivity index (χ3v) is 8.88. The number of aromatic nitrogens is 6. The Kier molecular flexibility index (Phi) is 8.23. The Hall–Kier alpha value is -4.14. The largest absolute Gasteiger partial charge is 0.378 e. The number of piperidine rings is 1. The van der Waals surface area contributed by atoms with Crippen molar-refractivity contribution in [2.75, 3.05) is 56.2 Å². The van der Waals surface area contributed by atoms with Gasteiger partial charge in [-0.1, -0.05) is 6.58 Å². The number of ether oxygens (including phenoxy) is 1. The topological polar surface area (TPSA) is 135 Å². The van der Waals surface area contributed by atoms with Gasteiger partial charge in [-0.15, -0.1) is 0 Å². The smallest absolute Gasteiger partial charge is 0.333 e. The van der Waals surface area contributed by atoms with Crippen LogP contribution in [0.2, 0.25) is 0 Å². The van der Waals surface area contributed by atoms with E-state index in [0.29, 0.717) is 59.6 Å². The number of halogens is 2. The van der Waals surface area contributed by atoms with Gasteiger partial charge in [0.2, 0.25) is 17.8 Å². The van der Waals surface area contributed by atoms with Crippen molar-refractivity contribution in [3.8, 4) is 5.69 Å². The molecule has 3 aromatic rings. The van der Waals surface area contributed by atoms with Crippen LogP contribution >= 0.6 is 0 Å². The van der Waals surface area contributed by atoms with Crippen LogP contribution in [0, 0.1) is 5.41 Å². The summed E-state index contributed by atoms with van der Waals surface area (Å²) < 4.78 is 33.9. The summed E-state index contributed by atoms with van der Waals surface area (Å²) in [4.78, 5) is 42.6. The SMILES string of the molecule is C=CC(=O)N1CCC2(CCC(NC(=O)CNc3nc(N4CCOCC4)nc4c3ncn4-c3cnn(C(F)F)c3)CC2)CC1. The predicted molar refractivity (Wildman–Crippen MR) is 154 cm³/mol. The van der Waals surface area contributed by atoms with E-state index in [2.05, 4.69) is 32.3 Å². The highest BCUT2D eigenvalue weighted by atomic mass is 19.3. The number of amides is 2. The molecule has 2 amide bonds. The fourth-order valence-corrected chi connectivity index (χ4v) is 6.31. The molecule has 5 heterocycles. The molecule has 2 saturated heterocycles. The first-order chi connectivity index (χ1) is 20.8. The highest BCUT2D eigenvalue weighted by Gasteiger charge is 2.39. The number of likely N-dealkylation sites (tertiary alicyclic amines) is 1. The van der Waals surface area contributed by atoms with Gasteiger partial charge in [0, 0.05) is 32.2 Å². The van der Waals surface area contributed by atoms with Crippen molar-refractivity contribution in [1.82, 2.24) is 39.5 Å². The molecular weight excluding hydrogens is 562 g/mol. The van der Waals surface area contributed by atoms with E-state index in [0.717, 1.165) is 51.6 Å². The fourth-order valence-electron chi connectivity index (χ4n) is 6.31. The van der Waals surface area contributed by atoms with E-state index in [4.69, 9.17) is 9.72 Å². The first kappa shape index (κ1) is 29.0. The highest BCUT2D eigenvalue weighted by molar-refractivity contribution is 5.88. The first-order valence-corrected chi connectivity index (χ1v) is 14.7. The molecule has 230 valence electrons. The predicted octanol–water partition coefficient (Wildman–Crippen LogP) is 2.51. The monoisotopic (exact) mass is 598 g/mol. The number of nitrogens with one attached hydrogen (secondary N) is 2. The van der Waals surface area contributed by atoms with Crippen molar-refractivity contribution in [1.29, 1.82) is 0 Å². The number of rotatable bonds is 8. The number of imidazole rings is 1. The lowest BCUT2D eigenvalue weighted by molar-refractivity contribution is -0.129. The maximum Gasteiger partial charge on any atom is 0.333 e. The number of hydrogen-bond donors (Lipinski definition) is 2. The summed E-state index contributed by atoms with van der Waals surface area (Å²) in [6, 6.07) is 0.0904. The van der Waals surface area contributed by atoms with Gasteiger partial charge < -0.3 is 25.2 Å². The standard InChI is InChI=1S/C28H36F2N10O3/c1-2-22(42)37-9-7-28(8-10-37)5-3-19(4-6-28)34-21(41)16-31-24-23-25(36-27(35-24)38-11-13-43-14-12-38)39(18-32-23)20-15-33-40(17-20)26(29)30/h2,15,17-19,26H,1,3-14,16H2,(H,34,41)(H,31,35,36). The lowest BCUT2D eigenvalue weighted by atomic mass is 9.67. The van der Waals surface area contributed by atoms with Crippen LogP contribution in [0.5, 0.6) is 0 Å². The third kappa shape index (κ3) is 6.17. The molecule has 0 unspecified atom stereocenters. The molecular formula is C28H36F2N10O3. The third-order valence-electron chi connectivity index (χ3n) is 8.88. The van der Waals surface area contributed by atoms with E-state index in [1.165, 1.54) is 24.8 Å². The number of fused-ring (bicyclic) bond motifs is 1. The summed E-state index contributed by atoms with van der Waals surface area (Å²) in [5.74, 6) is 0.658. The van der Waals surface area contributed by atoms with Crippen LogP contribution in [0.1, 0.15) is 45.1 Å². The van der Waals surface area contributed by atoms with Crippen LogP contribution < -0.4 is 15.5 Å². The number of alkyl halides is 2. The summed E-state index contributed by atoms with van der Waals surface area (Å²) in [5.41, 5.74) is 1.44. The summed E-state index contributed by atoms with van der Waals surface area (Å²) in [5, 5.41) is 10.0. The van der Waals surface area contributed by atoms with Gasteiger partial charge in [-0.2, -0.15) is 23.8 Å². The van der Waals surface area contributed by atoms with Gasteiger partial charge in [-0.05, 0) is 50.0 Å². The van der Waals surface area contributed by atoms with Crippen molar-refractivity contribution in [2.45, 2.75) is 51.1 Å². The van der Waals surface area contributed by atoms with Gasteiger partial charge in [-0.3, -0.25) is 14.2 Å². The van der Waals surface area contributed by atoms with Crippen molar-refractivity contribution < 1.29 is 23.1 Å². The van der Waals surface area contributed by atoms with Crippen molar-refractivity contribution in [3.05, 3.63) is 31.4 Å². The first-order valence-electron chi connectivity index (χ1n) is 14.7. The molecule has 1 spiro atoms. The van der Waals surface area contributed by atoms with Gasteiger partial charge in [0.05, 0.1) is 37.8 Å². The zero-order valence-electron chi connectivity index (χ0n) is 23.9. The highest BCUT2D eigenvalue weighted by Crippen LogP contribution is 2.44. The van der Waals surface area contributed by atoms with Crippen LogP contribution in [-0.2, 0) is 14.3 Å². The summed E-state index contributed by atoms with van der Waals surface area (Å²) in [6.07, 6.45) is 11.2. The van der Waals surface area contributed by atoms with Crippen molar-refractivity contribution in [2.24, 2.45) is 5.41 Å². The molecule has 13 nitrogen and oxygen atoms in total. The van der Waals surface area contributed by atoms with Gasteiger partial charge in [0.15, 0.2) is 17.0 Å². The average Bonchev–Trinajstić information content (AvgIpc) is 3.69. The number of nitrogens with zero attached hydrogens (tertiary/aromatic N) is 8. The maximum atomic E-state index is 13.2. The molecule has 3 aromatic heterocycles. The molecule has 15 heteroatoms. The molecule has 1 aliphatic carbocycles. The average molecular weight is 599 g/mol. The van der Waals surface area contributed by atoms with Crippen LogP contribution in [0.4, 0.5) is 20.5 Å². The van der Waals surface area contributed by atoms with Gasteiger partial charge in [0.1, 0.15) is 6.33 Å². The zero-order valence-corrected chi connectivity index (χ0v) is 23.9. The van der Waals surface area contributed by atoms with E-state index in [1.807, 2.05) is 9.80 Å². The second-order valence-corrected chi connectivity index (χ2v) is 11.4. The molecule has 0 bridgehead atoms. The summed E-state index contributed by atoms with van der Waals surface area (Å²) in [7, 11) is 0. The van der Waals surface area contributed by atoms with E-state index in [9.17, 15) is 18.4 Å². The Morgan fingerprint density at radius 2 is 1.86 bits per heavy atom. The number of morpholine rings is 1. The fraction of sp³-hybridized carbons (Fsp3) is 0.571. The lowest BCUT2D eigenvalue weighted by Crippen LogP contribution is -2.47. The molecule has 0 aromatic carbocycles. The van der Waals surface area contributed by atoms with Gasteiger partial charge in [0.25, 0.3) is 0 Å². The summed E-state index contributed by atoms with van der Waals surface area (Å²) >= 11 is 0. The summed E-state index contributed by atoms with van der Waals surface area (Å²) in [6.45, 7) is 4.57. The van der Waals surface area contributed by atoms with Gasteiger partial charge >= 0.3 is 6.55 Å². The molecule has 6 rings (SSSR count). The van der Waals surface area contributed by atoms with E-state index in [1.54, 1.807) is 4.57 Å². The minimum Gasteiger partial charge on any atom is -0.378 e.